The van der Waals surface area contributed by atoms with E-state index in [-0.39, 0.29) is 35.8 Å². The van der Waals surface area contributed by atoms with Crippen LogP contribution < -0.4 is 10.2 Å². The highest BCUT2D eigenvalue weighted by Crippen LogP contribution is 2.45. The number of aromatic amines is 3. The van der Waals surface area contributed by atoms with Crippen molar-refractivity contribution in [2.75, 3.05) is 7.11 Å². The van der Waals surface area contributed by atoms with E-state index >= 15 is 0 Å². The molecule has 5 rings (SSSR count). The quantitative estimate of drug-likeness (QED) is 0.165. The smallest absolute Gasteiger partial charge is 0.342 e. The number of aromatic nitrogens is 3. The first kappa shape index (κ1) is 32.2. The van der Waals surface area contributed by atoms with Crippen molar-refractivity contribution in [2.45, 2.75) is 60.3 Å². The lowest BCUT2D eigenvalue weighted by atomic mass is 9.82. The van der Waals surface area contributed by atoms with Crippen molar-refractivity contribution >= 4 is 47.4 Å². The summed E-state index contributed by atoms with van der Waals surface area (Å²) in [5.41, 5.74) is 8.03. The van der Waals surface area contributed by atoms with Gasteiger partial charge in [0.25, 0.3) is 0 Å². The number of aliphatic carboxylic acids is 1. The van der Waals surface area contributed by atoms with Crippen LogP contribution in [0.3, 0.4) is 0 Å². The molecule has 0 unspecified atom stereocenters. The first-order chi connectivity index (χ1) is 21.9. The number of nitrogens with one attached hydrogen (secondary N) is 3. The number of fused-ring (bicyclic) bond motifs is 1. The van der Waals surface area contributed by atoms with E-state index in [0.717, 1.165) is 28.8 Å². The summed E-state index contributed by atoms with van der Waals surface area (Å²) in [5.74, 6) is -3.70. The van der Waals surface area contributed by atoms with Crippen molar-refractivity contribution in [3.63, 3.8) is 0 Å². The molecule has 0 bridgehead atoms. The summed E-state index contributed by atoms with van der Waals surface area (Å²) >= 11 is 0. The molecule has 0 saturated carbocycles. The van der Waals surface area contributed by atoms with Crippen molar-refractivity contribution in [1.82, 2.24) is 15.0 Å². The molecule has 11 heteroatoms. The van der Waals surface area contributed by atoms with Gasteiger partial charge in [-0.3, -0.25) is 14.6 Å². The van der Waals surface area contributed by atoms with E-state index in [0.29, 0.717) is 63.6 Å². The van der Waals surface area contributed by atoms with E-state index in [4.69, 9.17) is 9.73 Å². The van der Waals surface area contributed by atoms with Gasteiger partial charge >= 0.3 is 5.97 Å². The third-order valence-corrected chi connectivity index (χ3v) is 9.41. The van der Waals surface area contributed by atoms with Gasteiger partial charge in [0.05, 0.1) is 29.8 Å². The molecule has 240 valence electrons. The highest BCUT2D eigenvalue weighted by Gasteiger charge is 2.45. The van der Waals surface area contributed by atoms with Crippen molar-refractivity contribution < 1.29 is 34.1 Å². The SMILES string of the molecule is C=Cc1c([O-])[nH]c(C=C2N=C(C3=C(C(=O)OC)C(=O)c4c3[nH]c(Cc3[nH]c(C=O)c(C)c3CC)c4C)[C@@H](CCC(=O)[O-])[C@@H]2C)c1C. The van der Waals surface area contributed by atoms with Crippen LogP contribution in [-0.4, -0.2) is 51.8 Å². The predicted molar refractivity (Wildman–Crippen MR) is 169 cm³/mol. The summed E-state index contributed by atoms with van der Waals surface area (Å²) in [6.45, 7) is 13.1. The number of allylic oxidation sites excluding steroid dienone is 2. The summed E-state index contributed by atoms with van der Waals surface area (Å²) in [7, 11) is 1.19. The molecule has 0 saturated heterocycles. The van der Waals surface area contributed by atoms with Crippen molar-refractivity contribution in [2.24, 2.45) is 16.8 Å². The minimum atomic E-state index is -1.23. The molecule has 0 radical (unpaired) electrons. The number of hydrogen-bond donors (Lipinski definition) is 3. The van der Waals surface area contributed by atoms with Crippen LogP contribution in [0.5, 0.6) is 5.88 Å². The monoisotopic (exact) mass is 624 g/mol. The maximum atomic E-state index is 14.0. The zero-order chi connectivity index (χ0) is 33.6. The molecular formula is C35H36N4O7-2. The molecule has 0 spiro atoms. The van der Waals surface area contributed by atoms with E-state index in [2.05, 4.69) is 21.5 Å². The van der Waals surface area contributed by atoms with Crippen LogP contribution in [0, 0.1) is 32.6 Å². The minimum Gasteiger partial charge on any atom is -0.860 e. The van der Waals surface area contributed by atoms with Crippen LogP contribution in [0.2, 0.25) is 0 Å². The fourth-order valence-electron chi connectivity index (χ4n) is 6.82. The molecule has 46 heavy (non-hydrogen) atoms. The molecule has 2 aliphatic rings. The number of aldehydes is 1. The van der Waals surface area contributed by atoms with Crippen molar-refractivity contribution in [3.8, 4) is 5.88 Å². The number of nitrogens with zero attached hydrogens (tertiary/aromatic N) is 1. The van der Waals surface area contributed by atoms with E-state index < -0.39 is 23.6 Å². The van der Waals surface area contributed by atoms with Crippen LogP contribution >= 0.6 is 0 Å². The first-order valence-electron chi connectivity index (χ1n) is 15.1. The van der Waals surface area contributed by atoms with Crippen LogP contribution in [0.1, 0.15) is 98.1 Å². The molecule has 3 N–H and O–H groups in total. The zero-order valence-corrected chi connectivity index (χ0v) is 26.7. The molecule has 0 aromatic carbocycles. The number of carboxylic acid groups (broad SMARTS) is 1. The highest BCUT2D eigenvalue weighted by atomic mass is 16.5. The average Bonchev–Trinajstić information content (AvgIpc) is 3.76. The Labute approximate surface area is 266 Å². The second-order valence-electron chi connectivity index (χ2n) is 11.8. The Bertz CT molecular complexity index is 1910. The van der Waals surface area contributed by atoms with Crippen molar-refractivity contribution in [3.05, 3.63) is 79.7 Å². The van der Waals surface area contributed by atoms with Gasteiger partial charge in [-0.05, 0) is 79.8 Å². The molecule has 0 fully saturated rings. The number of ketones is 1. The summed E-state index contributed by atoms with van der Waals surface area (Å²) < 4.78 is 5.05. The number of methoxy groups -OCH3 is 1. The van der Waals surface area contributed by atoms with Crippen LogP contribution in [0.4, 0.5) is 0 Å². The highest BCUT2D eigenvalue weighted by molar-refractivity contribution is 6.45. The number of carbonyl (C=O) groups excluding carboxylic acids is 4. The Kier molecular flexibility index (Phi) is 8.62. The van der Waals surface area contributed by atoms with E-state index in [9.17, 15) is 29.4 Å². The minimum absolute atomic E-state index is 0.137. The third kappa shape index (κ3) is 5.15. The Hall–Kier alpha value is -5.19. The summed E-state index contributed by atoms with van der Waals surface area (Å²) in [4.78, 5) is 64.7. The van der Waals surface area contributed by atoms with Gasteiger partial charge in [-0.2, -0.15) is 0 Å². The van der Waals surface area contributed by atoms with E-state index in [1.165, 1.54) is 13.2 Å². The van der Waals surface area contributed by atoms with Gasteiger partial charge in [0, 0.05) is 52.6 Å². The largest absolute Gasteiger partial charge is 0.860 e. The Morgan fingerprint density at radius 2 is 1.78 bits per heavy atom. The number of carboxylic acids is 1. The Balaban J connectivity index is 1.69. The molecule has 0 amide bonds. The van der Waals surface area contributed by atoms with Crippen LogP contribution in [-0.2, 0) is 27.2 Å². The van der Waals surface area contributed by atoms with Gasteiger partial charge < -0.3 is 34.7 Å². The van der Waals surface area contributed by atoms with E-state index in [1.54, 1.807) is 19.9 Å². The number of H-pyrrole nitrogens is 3. The maximum absolute atomic E-state index is 14.0. The number of carbonyl (C=O) groups is 4. The number of aliphatic imine (C=N–C) groups is 1. The second-order valence-corrected chi connectivity index (χ2v) is 11.8. The standard InChI is InChI=1S/C35H38N4O7/c1-8-19-15(3)26(14-40)36-25(19)13-24-18(6)28-32(38-24)29(30(33(28)43)35(45)46-7)31-21(10-11-27(41)42)17(5)22(37-31)12-23-16(4)20(9-2)34(44)39-23/h9,12,14,17,21,36,38-39,44H,2,8,10-11,13H2,1,3-7H3,(H,41,42)/p-2/t17-,21-/m0/s1. The number of ether oxygens (including phenoxy) is 1. The van der Waals surface area contributed by atoms with Crippen molar-refractivity contribution in [1.29, 1.82) is 0 Å². The fraction of sp³-hybridized carbons (Fsp3) is 0.343. The lowest BCUT2D eigenvalue weighted by Gasteiger charge is -2.20. The zero-order valence-electron chi connectivity index (χ0n) is 26.7. The summed E-state index contributed by atoms with van der Waals surface area (Å²) in [6.07, 6.45) is 4.95. The normalized spacial score (nSPS) is 18.3. The Morgan fingerprint density at radius 3 is 2.37 bits per heavy atom. The van der Waals surface area contributed by atoms with Gasteiger partial charge in [-0.15, -0.1) is 0 Å². The molecule has 4 heterocycles. The lowest BCUT2D eigenvalue weighted by Crippen LogP contribution is -2.26. The topological polar surface area (TPSA) is 183 Å². The average molecular weight is 625 g/mol. The predicted octanol–water partition coefficient (Wildman–Crippen LogP) is 3.68. The number of hydrogen-bond acceptors (Lipinski definition) is 8. The lowest BCUT2D eigenvalue weighted by molar-refractivity contribution is -0.306. The molecule has 1 aliphatic heterocycles. The summed E-state index contributed by atoms with van der Waals surface area (Å²) in [5, 5.41) is 24.0. The van der Waals surface area contributed by atoms with Gasteiger partial charge in [0.15, 0.2) is 6.29 Å². The van der Waals surface area contributed by atoms with Gasteiger partial charge in [0.1, 0.15) is 5.57 Å². The first-order valence-corrected chi connectivity index (χ1v) is 15.1. The van der Waals surface area contributed by atoms with Crippen LogP contribution in [0.25, 0.3) is 17.7 Å². The number of rotatable bonds is 11. The molecular weight excluding hydrogens is 588 g/mol. The number of Topliss-reactive ketones (excluding diaryl/α,β-unsaturated/α-hetero) is 1. The molecule has 11 nitrogen and oxygen atoms in total. The molecule has 3 aromatic rings. The summed E-state index contributed by atoms with van der Waals surface area (Å²) in [6, 6.07) is 0. The Morgan fingerprint density at radius 1 is 1.07 bits per heavy atom. The van der Waals surface area contributed by atoms with Gasteiger partial charge in [0.2, 0.25) is 5.78 Å². The fourth-order valence-corrected chi connectivity index (χ4v) is 6.82. The number of esters is 1. The van der Waals surface area contributed by atoms with Crippen LogP contribution in [0.15, 0.2) is 22.8 Å². The second kappa shape index (κ2) is 12.3. The molecule has 3 aromatic heterocycles. The van der Waals surface area contributed by atoms with Gasteiger partial charge in [-0.25, -0.2) is 4.79 Å². The molecule has 1 aliphatic carbocycles. The molecule has 2 atom stereocenters. The van der Waals surface area contributed by atoms with Gasteiger partial charge in [-0.1, -0.05) is 26.5 Å². The maximum Gasteiger partial charge on any atom is 0.342 e. The van der Waals surface area contributed by atoms with E-state index in [1.807, 2.05) is 20.8 Å². The third-order valence-electron chi connectivity index (χ3n) is 9.41.